The molecule has 0 fully saturated rings. The van der Waals surface area contributed by atoms with E-state index in [1.54, 1.807) is 12.1 Å². The van der Waals surface area contributed by atoms with Crippen molar-refractivity contribution in [1.29, 1.82) is 0 Å². The van der Waals surface area contributed by atoms with Crippen LogP contribution in [0.4, 0.5) is 5.69 Å². The molecule has 0 aliphatic rings. The number of benzene rings is 2. The molecule has 6 nitrogen and oxygen atoms in total. The molecule has 21 heavy (non-hydrogen) atoms. The van der Waals surface area contributed by atoms with Crippen LogP contribution in [0, 0.1) is 0 Å². The summed E-state index contributed by atoms with van der Waals surface area (Å²) >= 11 is 0. The second-order valence-corrected chi connectivity index (χ2v) is 4.96. The van der Waals surface area contributed by atoms with Gasteiger partial charge in [-0.3, -0.25) is 4.55 Å². The number of hydrogen-bond acceptors (Lipinski definition) is 4. The molecule has 0 unspecified atom stereocenters. The average Bonchev–Trinajstić information content (AvgIpc) is 2.44. The molecule has 104 valence electrons. The first-order chi connectivity index (χ1) is 9.53. The van der Waals surface area contributed by atoms with Gasteiger partial charge in [-0.05, 0) is 34.3 Å². The Labute approximate surface area is 145 Å². The molecule has 2 rings (SSSR count). The Morgan fingerprint density at radius 2 is 1.62 bits per heavy atom. The summed E-state index contributed by atoms with van der Waals surface area (Å²) in [5.41, 5.74) is 1.34. The van der Waals surface area contributed by atoms with Gasteiger partial charge < -0.3 is 4.74 Å². The second kappa shape index (κ2) is 8.26. The fourth-order valence-corrected chi connectivity index (χ4v) is 1.65. The Morgan fingerprint density at radius 3 is 2.19 bits per heavy atom. The molecule has 0 amide bonds. The molecular formula is C13H12N2NaO4S+. The quantitative estimate of drug-likeness (QED) is 0.483. The maximum atomic E-state index is 10.4. The van der Waals surface area contributed by atoms with Crippen LogP contribution in [-0.2, 0) is 16.9 Å². The molecule has 8 heteroatoms. The zero-order chi connectivity index (χ0) is 14.4. The van der Waals surface area contributed by atoms with Crippen molar-refractivity contribution < 1.29 is 47.3 Å². The van der Waals surface area contributed by atoms with Gasteiger partial charge in [0, 0.05) is 0 Å². The summed E-state index contributed by atoms with van der Waals surface area (Å²) in [7, 11) is -4.45. The smallest absolute Gasteiger partial charge is 0.489 e. The monoisotopic (exact) mass is 315 g/mol. The third-order valence-corrected chi connectivity index (χ3v) is 2.63. The van der Waals surface area contributed by atoms with Gasteiger partial charge in [0.2, 0.25) is 0 Å². The molecule has 0 atom stereocenters. The van der Waals surface area contributed by atoms with Crippen LogP contribution < -0.4 is 34.3 Å². The summed E-state index contributed by atoms with van der Waals surface area (Å²) in [4.78, 5) is 0. The molecular weight excluding hydrogens is 303 g/mol. The number of rotatable bonds is 5. The van der Waals surface area contributed by atoms with Crippen LogP contribution in [0.25, 0.3) is 0 Å². The first-order valence-corrected chi connectivity index (χ1v) is 7.10. The van der Waals surface area contributed by atoms with E-state index in [-0.39, 0.29) is 29.6 Å². The van der Waals surface area contributed by atoms with Gasteiger partial charge in [-0.1, -0.05) is 30.3 Å². The van der Waals surface area contributed by atoms with Crippen molar-refractivity contribution in [3.63, 3.8) is 0 Å². The maximum absolute atomic E-state index is 10.4. The Morgan fingerprint density at radius 1 is 1.00 bits per heavy atom. The fraction of sp³-hybridized carbons (Fsp3) is 0.0769. The molecule has 0 aromatic heterocycles. The zero-order valence-corrected chi connectivity index (χ0v) is 14.2. The first-order valence-electron chi connectivity index (χ1n) is 5.70. The van der Waals surface area contributed by atoms with E-state index in [1.165, 1.54) is 12.1 Å². The SMILES string of the molecule is O=S(=O)(O)N=Nc1ccc(OCc2ccccc2)cc1.[Na+]. The molecule has 0 bridgehead atoms. The topological polar surface area (TPSA) is 88.3 Å². The standard InChI is InChI=1S/C13H12N2O4S.Na/c16-20(17,18)15-14-12-6-8-13(9-7-12)19-10-11-4-2-1-3-5-11;/h1-9H,10H2,(H,16,17,18);/q;+1. The van der Waals surface area contributed by atoms with Crippen LogP contribution >= 0.6 is 0 Å². The Balaban J connectivity index is 0.00000220. The molecule has 0 aliphatic heterocycles. The molecule has 0 radical (unpaired) electrons. The van der Waals surface area contributed by atoms with Crippen LogP contribution in [0.15, 0.2) is 64.2 Å². The molecule has 2 aromatic carbocycles. The van der Waals surface area contributed by atoms with Crippen LogP contribution in [0.3, 0.4) is 0 Å². The van der Waals surface area contributed by atoms with E-state index in [2.05, 4.69) is 9.63 Å². The van der Waals surface area contributed by atoms with Crippen molar-refractivity contribution >= 4 is 16.0 Å². The number of ether oxygens (including phenoxy) is 1. The van der Waals surface area contributed by atoms with Gasteiger partial charge in [-0.15, -0.1) is 5.11 Å². The summed E-state index contributed by atoms with van der Waals surface area (Å²) in [5, 5.41) is 3.37. The summed E-state index contributed by atoms with van der Waals surface area (Å²) in [6.45, 7) is 0.437. The van der Waals surface area contributed by atoms with Crippen molar-refractivity contribution in [3.05, 3.63) is 60.2 Å². The maximum Gasteiger partial charge on any atom is 1.00 e. The van der Waals surface area contributed by atoms with Gasteiger partial charge >= 0.3 is 39.9 Å². The van der Waals surface area contributed by atoms with Crippen molar-refractivity contribution in [2.75, 3.05) is 0 Å². The van der Waals surface area contributed by atoms with E-state index in [0.29, 0.717) is 18.0 Å². The minimum absolute atomic E-state index is 0. The molecule has 0 spiro atoms. The molecule has 2 aromatic rings. The molecule has 0 aliphatic carbocycles. The summed E-state index contributed by atoms with van der Waals surface area (Å²) in [5.74, 6) is 0.625. The predicted molar refractivity (Wildman–Crippen MR) is 73.3 cm³/mol. The molecule has 0 saturated carbocycles. The van der Waals surface area contributed by atoms with Crippen molar-refractivity contribution in [2.45, 2.75) is 6.61 Å². The minimum Gasteiger partial charge on any atom is -0.489 e. The Bertz CT molecular complexity index is 688. The molecule has 0 saturated heterocycles. The Hall–Kier alpha value is -1.25. The van der Waals surface area contributed by atoms with Gasteiger partial charge in [-0.25, -0.2) is 0 Å². The predicted octanol–water partition coefficient (Wildman–Crippen LogP) is 0.156. The third-order valence-electron chi connectivity index (χ3n) is 2.34. The normalized spacial score (nSPS) is 11.1. The largest absolute Gasteiger partial charge is 1.00 e. The minimum atomic E-state index is -4.45. The summed E-state index contributed by atoms with van der Waals surface area (Å²) in [6, 6.07) is 16.0. The summed E-state index contributed by atoms with van der Waals surface area (Å²) in [6.07, 6.45) is 0. The van der Waals surface area contributed by atoms with Crippen LogP contribution in [0.5, 0.6) is 5.75 Å². The Kier molecular flexibility index (Phi) is 7.00. The number of hydrogen-bond donors (Lipinski definition) is 1. The van der Waals surface area contributed by atoms with Crippen molar-refractivity contribution in [3.8, 4) is 5.75 Å². The third kappa shape index (κ3) is 6.83. The zero-order valence-electron chi connectivity index (χ0n) is 11.4. The van der Waals surface area contributed by atoms with Crippen molar-refractivity contribution in [2.24, 2.45) is 9.63 Å². The van der Waals surface area contributed by atoms with Crippen molar-refractivity contribution in [1.82, 2.24) is 0 Å². The van der Waals surface area contributed by atoms with Crippen LogP contribution in [0.2, 0.25) is 0 Å². The average molecular weight is 315 g/mol. The molecule has 0 heterocycles. The van der Waals surface area contributed by atoms with Gasteiger partial charge in [0.05, 0.1) is 5.69 Å². The fourth-order valence-electron chi connectivity index (χ4n) is 1.45. The van der Waals surface area contributed by atoms with E-state index < -0.39 is 10.3 Å². The number of nitrogens with zero attached hydrogens (tertiary/aromatic N) is 2. The van der Waals surface area contributed by atoms with Gasteiger partial charge in [0.25, 0.3) is 0 Å². The van der Waals surface area contributed by atoms with Gasteiger partial charge in [0.1, 0.15) is 12.4 Å². The van der Waals surface area contributed by atoms with Gasteiger partial charge in [0.15, 0.2) is 0 Å². The van der Waals surface area contributed by atoms with Crippen LogP contribution in [0.1, 0.15) is 5.56 Å². The van der Waals surface area contributed by atoms with Crippen LogP contribution in [-0.4, -0.2) is 13.0 Å². The van der Waals surface area contributed by atoms with E-state index in [4.69, 9.17) is 9.29 Å². The van der Waals surface area contributed by atoms with E-state index in [0.717, 1.165) is 5.56 Å². The second-order valence-electron chi connectivity index (χ2n) is 3.90. The van der Waals surface area contributed by atoms with E-state index in [9.17, 15) is 8.42 Å². The summed E-state index contributed by atoms with van der Waals surface area (Å²) < 4.78 is 37.5. The first kappa shape index (κ1) is 17.8. The van der Waals surface area contributed by atoms with E-state index in [1.807, 2.05) is 30.3 Å². The van der Waals surface area contributed by atoms with E-state index >= 15 is 0 Å². The molecule has 1 N–H and O–H groups in total. The van der Waals surface area contributed by atoms with Gasteiger partial charge in [-0.2, -0.15) is 8.42 Å².